The molecule has 0 aliphatic carbocycles. The standard InChI is InChI=1S/C10H13N3O2/c14-10(9-7-15-6-5-12-9)13-8-1-3-11-4-2-8/h1-4,9,12H,5-7H2,(H,11,13,14). The number of amides is 1. The third kappa shape index (κ3) is 2.74. The first kappa shape index (κ1) is 10.1. The van der Waals surface area contributed by atoms with Gasteiger partial charge >= 0.3 is 0 Å². The van der Waals surface area contributed by atoms with Crippen LogP contribution in [0.2, 0.25) is 0 Å². The zero-order chi connectivity index (χ0) is 10.5. The van der Waals surface area contributed by atoms with E-state index < -0.39 is 0 Å². The molecule has 5 heteroatoms. The topological polar surface area (TPSA) is 63.2 Å². The fourth-order valence-corrected chi connectivity index (χ4v) is 1.40. The molecular weight excluding hydrogens is 194 g/mol. The molecule has 2 heterocycles. The van der Waals surface area contributed by atoms with Gasteiger partial charge in [-0.1, -0.05) is 0 Å². The van der Waals surface area contributed by atoms with Crippen LogP contribution < -0.4 is 10.6 Å². The average molecular weight is 207 g/mol. The molecule has 1 aliphatic heterocycles. The van der Waals surface area contributed by atoms with E-state index in [0.29, 0.717) is 19.8 Å². The van der Waals surface area contributed by atoms with Gasteiger partial charge in [0.25, 0.3) is 0 Å². The number of hydrogen-bond donors (Lipinski definition) is 2. The molecule has 0 bridgehead atoms. The highest BCUT2D eigenvalue weighted by atomic mass is 16.5. The van der Waals surface area contributed by atoms with E-state index in [9.17, 15) is 4.79 Å². The first-order valence-corrected chi connectivity index (χ1v) is 4.88. The highest BCUT2D eigenvalue weighted by molar-refractivity contribution is 5.94. The molecule has 0 saturated carbocycles. The van der Waals surface area contributed by atoms with Crippen LogP contribution in [0.1, 0.15) is 0 Å². The van der Waals surface area contributed by atoms with Crippen LogP contribution in [0.25, 0.3) is 0 Å². The summed E-state index contributed by atoms with van der Waals surface area (Å²) in [6.07, 6.45) is 3.28. The first-order valence-electron chi connectivity index (χ1n) is 4.88. The van der Waals surface area contributed by atoms with Crippen molar-refractivity contribution in [3.8, 4) is 0 Å². The fourth-order valence-electron chi connectivity index (χ4n) is 1.40. The van der Waals surface area contributed by atoms with Gasteiger partial charge in [-0.3, -0.25) is 9.78 Å². The second-order valence-electron chi connectivity index (χ2n) is 3.31. The molecule has 1 saturated heterocycles. The molecule has 0 radical (unpaired) electrons. The summed E-state index contributed by atoms with van der Waals surface area (Å²) in [6.45, 7) is 1.81. The van der Waals surface area contributed by atoms with Crippen LogP contribution >= 0.6 is 0 Å². The molecule has 5 nitrogen and oxygen atoms in total. The maximum absolute atomic E-state index is 11.7. The van der Waals surface area contributed by atoms with Crippen molar-refractivity contribution < 1.29 is 9.53 Å². The van der Waals surface area contributed by atoms with E-state index in [-0.39, 0.29) is 11.9 Å². The molecule has 1 fully saturated rings. The van der Waals surface area contributed by atoms with Crippen molar-refractivity contribution in [3.63, 3.8) is 0 Å². The molecule has 0 spiro atoms. The summed E-state index contributed by atoms with van der Waals surface area (Å²) < 4.78 is 5.21. The second-order valence-corrected chi connectivity index (χ2v) is 3.31. The van der Waals surface area contributed by atoms with E-state index >= 15 is 0 Å². The summed E-state index contributed by atoms with van der Waals surface area (Å²) in [4.78, 5) is 15.6. The number of pyridine rings is 1. The number of morpholine rings is 1. The maximum atomic E-state index is 11.7. The summed E-state index contributed by atoms with van der Waals surface area (Å²) in [5, 5.41) is 5.88. The number of aromatic nitrogens is 1. The third-order valence-corrected chi connectivity index (χ3v) is 2.19. The number of hydrogen-bond acceptors (Lipinski definition) is 4. The number of carbonyl (C=O) groups is 1. The second kappa shape index (κ2) is 4.86. The molecule has 1 amide bonds. The molecule has 80 valence electrons. The van der Waals surface area contributed by atoms with E-state index in [4.69, 9.17) is 4.74 Å². The van der Waals surface area contributed by atoms with E-state index in [2.05, 4.69) is 15.6 Å². The lowest BCUT2D eigenvalue weighted by Crippen LogP contribution is -2.48. The molecule has 1 aliphatic rings. The Kier molecular flexibility index (Phi) is 3.26. The minimum Gasteiger partial charge on any atom is -0.378 e. The summed E-state index contributed by atoms with van der Waals surface area (Å²) in [5.41, 5.74) is 0.752. The van der Waals surface area contributed by atoms with Gasteiger partial charge in [-0.25, -0.2) is 0 Å². The van der Waals surface area contributed by atoms with Gasteiger partial charge in [-0.2, -0.15) is 0 Å². The SMILES string of the molecule is O=C(Nc1ccncc1)C1COCCN1. The van der Waals surface area contributed by atoms with Gasteiger partial charge in [-0.05, 0) is 12.1 Å². The number of carbonyl (C=O) groups excluding carboxylic acids is 1. The largest absolute Gasteiger partial charge is 0.378 e. The van der Waals surface area contributed by atoms with E-state index in [1.807, 2.05) is 0 Å². The van der Waals surface area contributed by atoms with Gasteiger partial charge in [0.15, 0.2) is 0 Å². The van der Waals surface area contributed by atoms with Crippen LogP contribution in [0.15, 0.2) is 24.5 Å². The van der Waals surface area contributed by atoms with E-state index in [1.54, 1.807) is 24.5 Å². The Morgan fingerprint density at radius 3 is 3.00 bits per heavy atom. The van der Waals surface area contributed by atoms with Crippen molar-refractivity contribution in [1.29, 1.82) is 0 Å². The zero-order valence-corrected chi connectivity index (χ0v) is 8.27. The van der Waals surface area contributed by atoms with Crippen molar-refractivity contribution in [2.24, 2.45) is 0 Å². The molecular formula is C10H13N3O2. The summed E-state index contributed by atoms with van der Waals surface area (Å²) in [6, 6.07) is 3.25. The molecule has 1 atom stereocenters. The summed E-state index contributed by atoms with van der Waals surface area (Å²) in [7, 11) is 0. The molecule has 1 unspecified atom stereocenters. The molecule has 0 aromatic carbocycles. The molecule has 15 heavy (non-hydrogen) atoms. The normalized spacial score (nSPS) is 20.9. The van der Waals surface area contributed by atoms with Crippen LogP contribution in [0.4, 0.5) is 5.69 Å². The smallest absolute Gasteiger partial charge is 0.243 e. The molecule has 1 aromatic heterocycles. The average Bonchev–Trinajstić information content (AvgIpc) is 2.31. The molecule has 2 rings (SSSR count). The van der Waals surface area contributed by atoms with Crippen LogP contribution in [0.5, 0.6) is 0 Å². The van der Waals surface area contributed by atoms with Gasteiger partial charge in [0, 0.05) is 24.6 Å². The van der Waals surface area contributed by atoms with Crippen molar-refractivity contribution in [2.45, 2.75) is 6.04 Å². The van der Waals surface area contributed by atoms with Gasteiger partial charge < -0.3 is 15.4 Å². The van der Waals surface area contributed by atoms with Crippen molar-refractivity contribution >= 4 is 11.6 Å². The zero-order valence-electron chi connectivity index (χ0n) is 8.27. The van der Waals surface area contributed by atoms with Crippen LogP contribution in [-0.2, 0) is 9.53 Å². The van der Waals surface area contributed by atoms with Crippen molar-refractivity contribution in [2.75, 3.05) is 25.1 Å². The Hall–Kier alpha value is -1.46. The maximum Gasteiger partial charge on any atom is 0.243 e. The number of ether oxygens (including phenoxy) is 1. The quantitative estimate of drug-likeness (QED) is 0.717. The monoisotopic (exact) mass is 207 g/mol. The highest BCUT2D eigenvalue weighted by Gasteiger charge is 2.20. The minimum atomic E-state index is -0.257. The van der Waals surface area contributed by atoms with E-state index in [0.717, 1.165) is 5.69 Å². The first-order chi connectivity index (χ1) is 7.36. The summed E-state index contributed by atoms with van der Waals surface area (Å²) in [5.74, 6) is -0.0686. The summed E-state index contributed by atoms with van der Waals surface area (Å²) >= 11 is 0. The predicted octanol–water partition coefficient (Wildman–Crippen LogP) is 0.00850. The number of rotatable bonds is 2. The van der Waals surface area contributed by atoms with Crippen LogP contribution in [0, 0.1) is 0 Å². The number of anilines is 1. The number of nitrogens with one attached hydrogen (secondary N) is 2. The third-order valence-electron chi connectivity index (χ3n) is 2.19. The van der Waals surface area contributed by atoms with Crippen LogP contribution in [-0.4, -0.2) is 36.7 Å². The Morgan fingerprint density at radius 2 is 2.33 bits per heavy atom. The minimum absolute atomic E-state index is 0.0686. The van der Waals surface area contributed by atoms with E-state index in [1.165, 1.54) is 0 Å². The van der Waals surface area contributed by atoms with Gasteiger partial charge in [0.2, 0.25) is 5.91 Å². The molecule has 1 aromatic rings. The Bertz CT molecular complexity index is 323. The Labute approximate surface area is 87.8 Å². The van der Waals surface area contributed by atoms with Crippen molar-refractivity contribution in [3.05, 3.63) is 24.5 Å². The fraction of sp³-hybridized carbons (Fsp3) is 0.400. The Balaban J connectivity index is 1.91. The highest BCUT2D eigenvalue weighted by Crippen LogP contribution is 2.04. The lowest BCUT2D eigenvalue weighted by atomic mass is 10.2. The molecule has 2 N–H and O–H groups in total. The van der Waals surface area contributed by atoms with Gasteiger partial charge in [0.1, 0.15) is 6.04 Å². The number of nitrogens with zero attached hydrogens (tertiary/aromatic N) is 1. The van der Waals surface area contributed by atoms with Gasteiger partial charge in [0.05, 0.1) is 13.2 Å². The van der Waals surface area contributed by atoms with Crippen molar-refractivity contribution in [1.82, 2.24) is 10.3 Å². The van der Waals surface area contributed by atoms with Crippen LogP contribution in [0.3, 0.4) is 0 Å². The van der Waals surface area contributed by atoms with Gasteiger partial charge in [-0.15, -0.1) is 0 Å². The Morgan fingerprint density at radius 1 is 1.53 bits per heavy atom. The predicted molar refractivity (Wildman–Crippen MR) is 55.5 cm³/mol. The lowest BCUT2D eigenvalue weighted by molar-refractivity contribution is -0.120. The lowest BCUT2D eigenvalue weighted by Gasteiger charge is -2.22.